The molecule has 0 spiro atoms. The molecule has 0 aromatic rings. The van der Waals surface area contributed by atoms with E-state index in [4.69, 9.17) is 24.8 Å². The molecule has 312 valence electrons. The summed E-state index contributed by atoms with van der Waals surface area (Å²) in [7, 11) is -4.73. The Kier molecular flexibility index (Phi) is 35.6. The Morgan fingerprint density at radius 1 is 0.574 bits per heavy atom. The second kappa shape index (κ2) is 37.4. The van der Waals surface area contributed by atoms with Gasteiger partial charge in [0.25, 0.3) is 0 Å². The second-order valence-corrected chi connectivity index (χ2v) is 15.2. The Labute approximate surface area is 326 Å². The molecule has 0 saturated heterocycles. The number of rotatable bonds is 38. The van der Waals surface area contributed by atoms with Gasteiger partial charge in [0.15, 0.2) is 6.10 Å². The van der Waals surface area contributed by atoms with Crippen LogP contribution in [0, 0.1) is 0 Å². The fraction of sp³-hybridized carbons (Fsp3) is 0.738. The molecule has 54 heavy (non-hydrogen) atoms. The smallest absolute Gasteiger partial charge is 0.472 e. The Bertz CT molecular complexity index is 1110. The van der Waals surface area contributed by atoms with Crippen molar-refractivity contribution in [2.75, 3.05) is 19.8 Å². The molecule has 0 radical (unpaired) electrons. The van der Waals surface area contributed by atoms with Crippen LogP contribution < -0.4 is 5.73 Å². The van der Waals surface area contributed by atoms with E-state index in [-0.39, 0.29) is 19.4 Å². The zero-order valence-corrected chi connectivity index (χ0v) is 34.4. The predicted octanol–water partition coefficient (Wildman–Crippen LogP) is 10.6. The van der Waals surface area contributed by atoms with Crippen molar-refractivity contribution >= 4 is 25.7 Å². The number of nitrogens with two attached hydrogens (primary N) is 1. The molecule has 0 bridgehead atoms. The lowest BCUT2D eigenvalue weighted by Gasteiger charge is -2.20. The van der Waals surface area contributed by atoms with Crippen molar-refractivity contribution < 1.29 is 47.5 Å². The normalized spacial score (nSPS) is 14.3. The Hall–Kier alpha value is -2.56. The summed E-state index contributed by atoms with van der Waals surface area (Å²) in [5.41, 5.74) is 5.32. The van der Waals surface area contributed by atoms with Crippen molar-refractivity contribution in [2.24, 2.45) is 5.73 Å². The first kappa shape index (κ1) is 51.4. The highest BCUT2D eigenvalue weighted by Crippen LogP contribution is 2.43. The number of allylic oxidation sites excluding steroid dienone is 8. The van der Waals surface area contributed by atoms with E-state index in [1.165, 1.54) is 77.0 Å². The summed E-state index contributed by atoms with van der Waals surface area (Å²) in [4.78, 5) is 45.8. The maximum absolute atomic E-state index is 12.6. The number of esters is 2. The highest BCUT2D eigenvalue weighted by atomic mass is 31.2. The van der Waals surface area contributed by atoms with Gasteiger partial charge in [-0.3, -0.25) is 23.4 Å². The number of carbonyl (C=O) groups excluding carboxylic acids is 2. The molecule has 11 nitrogen and oxygen atoms in total. The number of carboxylic acid groups (broad SMARTS) is 1. The summed E-state index contributed by atoms with van der Waals surface area (Å²) in [6, 6.07) is -1.53. The molecule has 0 aliphatic heterocycles. The van der Waals surface area contributed by atoms with E-state index in [0.29, 0.717) is 12.8 Å². The summed E-state index contributed by atoms with van der Waals surface area (Å²) < 4.78 is 32.6. The van der Waals surface area contributed by atoms with Gasteiger partial charge >= 0.3 is 25.7 Å². The number of phosphoric acid groups is 1. The van der Waals surface area contributed by atoms with Gasteiger partial charge in [0, 0.05) is 12.8 Å². The van der Waals surface area contributed by atoms with Gasteiger partial charge in [0.05, 0.1) is 13.2 Å². The molecule has 0 aromatic carbocycles. The predicted molar refractivity (Wildman–Crippen MR) is 217 cm³/mol. The van der Waals surface area contributed by atoms with Crippen LogP contribution in [-0.4, -0.2) is 59.9 Å². The number of aliphatic carboxylic acids is 1. The largest absolute Gasteiger partial charge is 0.480 e. The Morgan fingerprint density at radius 3 is 1.52 bits per heavy atom. The van der Waals surface area contributed by atoms with Crippen molar-refractivity contribution in [1.82, 2.24) is 0 Å². The molecular formula is C42H74NO10P. The fourth-order valence-electron chi connectivity index (χ4n) is 5.24. The molecule has 0 heterocycles. The lowest BCUT2D eigenvalue weighted by atomic mass is 10.1. The van der Waals surface area contributed by atoms with Crippen LogP contribution in [0.2, 0.25) is 0 Å². The highest BCUT2D eigenvalue weighted by Gasteiger charge is 2.28. The minimum absolute atomic E-state index is 0.122. The topological polar surface area (TPSA) is 172 Å². The van der Waals surface area contributed by atoms with Crippen LogP contribution in [0.25, 0.3) is 0 Å². The number of hydrogen-bond acceptors (Lipinski definition) is 9. The van der Waals surface area contributed by atoms with Crippen molar-refractivity contribution in [3.8, 4) is 0 Å². The molecule has 0 aliphatic rings. The van der Waals surface area contributed by atoms with Crippen LogP contribution in [0.3, 0.4) is 0 Å². The van der Waals surface area contributed by atoms with Gasteiger partial charge in [-0.05, 0) is 77.0 Å². The molecule has 3 atom stereocenters. The van der Waals surface area contributed by atoms with E-state index in [9.17, 15) is 23.8 Å². The Morgan fingerprint density at radius 2 is 0.981 bits per heavy atom. The van der Waals surface area contributed by atoms with E-state index in [0.717, 1.165) is 51.4 Å². The molecule has 0 aliphatic carbocycles. The third-order valence-corrected chi connectivity index (χ3v) is 9.50. The summed E-state index contributed by atoms with van der Waals surface area (Å²) in [5.74, 6) is -2.46. The maximum atomic E-state index is 12.6. The standard InChI is InChI=1S/C42H74NO10P/c1-3-5-7-9-11-13-15-17-19-21-23-25-27-29-31-33-40(44)50-35-38(36-51-54(48,49)52-37-39(43)42(46)47)53-41(45)34-32-30-28-26-24-22-20-18-16-14-12-10-8-6-4-2/h11,13,17,19,23-26,38-39H,3-10,12,14-16,18,20-22,27-37,43H2,1-2H3,(H,46,47)(H,48,49)/b13-11+,19-17+,25-23+,26-24+/t38-,39+/m1/s1. The van der Waals surface area contributed by atoms with Gasteiger partial charge in [-0.25, -0.2) is 4.57 Å². The van der Waals surface area contributed by atoms with E-state index in [1.54, 1.807) is 0 Å². The van der Waals surface area contributed by atoms with Crippen molar-refractivity contribution in [1.29, 1.82) is 0 Å². The van der Waals surface area contributed by atoms with E-state index >= 15 is 0 Å². The summed E-state index contributed by atoms with van der Waals surface area (Å²) in [6.45, 7) is 2.70. The number of carboxylic acids is 1. The minimum atomic E-state index is -4.73. The van der Waals surface area contributed by atoms with E-state index in [2.05, 4.69) is 67.0 Å². The first-order valence-electron chi connectivity index (χ1n) is 20.7. The third kappa shape index (κ3) is 36.4. The van der Waals surface area contributed by atoms with Crippen LogP contribution in [0.5, 0.6) is 0 Å². The van der Waals surface area contributed by atoms with Gasteiger partial charge in [-0.1, -0.05) is 127 Å². The lowest BCUT2D eigenvalue weighted by molar-refractivity contribution is -0.161. The number of ether oxygens (including phenoxy) is 2. The SMILES string of the molecule is CCCCC/C=C/C/C=C/C/C=C/CCCCC(=O)OC[C@H](COP(=O)(O)OC[C@H](N)C(=O)O)OC(=O)CCCC/C=C/CCCCCCCCCCC. The van der Waals surface area contributed by atoms with Gasteiger partial charge < -0.3 is 25.2 Å². The molecule has 1 unspecified atom stereocenters. The second-order valence-electron chi connectivity index (χ2n) is 13.8. The van der Waals surface area contributed by atoms with Crippen molar-refractivity contribution in [3.63, 3.8) is 0 Å². The van der Waals surface area contributed by atoms with E-state index in [1.807, 2.05) is 0 Å². The van der Waals surface area contributed by atoms with E-state index < -0.39 is 51.1 Å². The minimum Gasteiger partial charge on any atom is -0.480 e. The number of carbonyl (C=O) groups is 3. The van der Waals surface area contributed by atoms with Gasteiger partial charge in [0.1, 0.15) is 12.6 Å². The molecule has 4 N–H and O–H groups in total. The number of unbranched alkanes of at least 4 members (excludes halogenated alkanes) is 16. The van der Waals surface area contributed by atoms with Crippen LogP contribution in [0.15, 0.2) is 48.6 Å². The summed E-state index contributed by atoms with van der Waals surface area (Å²) in [6.07, 6.45) is 40.4. The van der Waals surface area contributed by atoms with Crippen LogP contribution in [0.1, 0.15) is 168 Å². The van der Waals surface area contributed by atoms with Crippen molar-refractivity contribution in [3.05, 3.63) is 48.6 Å². The maximum Gasteiger partial charge on any atom is 0.472 e. The molecule has 0 amide bonds. The number of phosphoric ester groups is 1. The molecule has 0 fully saturated rings. The Balaban J connectivity index is 4.50. The molecule has 0 saturated carbocycles. The first-order chi connectivity index (χ1) is 26.1. The van der Waals surface area contributed by atoms with Gasteiger partial charge in [-0.15, -0.1) is 0 Å². The zero-order chi connectivity index (χ0) is 40.0. The average Bonchev–Trinajstić information content (AvgIpc) is 3.14. The zero-order valence-electron chi connectivity index (χ0n) is 33.6. The van der Waals surface area contributed by atoms with Gasteiger partial charge in [0.2, 0.25) is 0 Å². The molecule has 0 rings (SSSR count). The monoisotopic (exact) mass is 784 g/mol. The molecule has 0 aromatic heterocycles. The molecule has 12 heteroatoms. The van der Waals surface area contributed by atoms with Crippen LogP contribution in [-0.2, 0) is 37.5 Å². The highest BCUT2D eigenvalue weighted by molar-refractivity contribution is 7.47. The summed E-state index contributed by atoms with van der Waals surface area (Å²) in [5, 5.41) is 8.87. The van der Waals surface area contributed by atoms with Crippen LogP contribution in [0.4, 0.5) is 0 Å². The third-order valence-electron chi connectivity index (χ3n) is 8.55. The van der Waals surface area contributed by atoms with Gasteiger partial charge in [-0.2, -0.15) is 0 Å². The quantitative estimate of drug-likeness (QED) is 0.0235. The van der Waals surface area contributed by atoms with Crippen LogP contribution >= 0.6 is 7.82 Å². The van der Waals surface area contributed by atoms with Crippen molar-refractivity contribution in [2.45, 2.75) is 180 Å². The number of hydrogen-bond donors (Lipinski definition) is 3. The summed E-state index contributed by atoms with van der Waals surface area (Å²) >= 11 is 0. The lowest BCUT2D eigenvalue weighted by Crippen LogP contribution is -2.34. The molecular weight excluding hydrogens is 709 g/mol. The first-order valence-corrected chi connectivity index (χ1v) is 22.2. The fourth-order valence-corrected chi connectivity index (χ4v) is 6.02. The average molecular weight is 784 g/mol.